The monoisotopic (exact) mass is 880 g/mol. The molecule has 0 aliphatic rings. The Kier molecular flexibility index (Phi) is 10.6. The summed E-state index contributed by atoms with van der Waals surface area (Å²) in [6.45, 7) is 6.45. The normalized spacial score (nSPS) is 12.1. The van der Waals surface area contributed by atoms with Gasteiger partial charge in [-0.25, -0.2) is 0 Å². The van der Waals surface area contributed by atoms with Gasteiger partial charge in [0.25, 0.3) is 0 Å². The molecule has 0 saturated carbocycles. The summed E-state index contributed by atoms with van der Waals surface area (Å²) >= 11 is 0. The van der Waals surface area contributed by atoms with Crippen molar-refractivity contribution in [2.75, 3.05) is 0 Å². The van der Waals surface area contributed by atoms with Crippen LogP contribution in [0.4, 0.5) is 0 Å². The van der Waals surface area contributed by atoms with Crippen LogP contribution in [0.25, 0.3) is 111 Å². The summed E-state index contributed by atoms with van der Waals surface area (Å²) in [6, 6.07) is 88.1. The van der Waals surface area contributed by atoms with Gasteiger partial charge in [-0.1, -0.05) is 207 Å². The molecule has 2 heterocycles. The number of hydrogen-bond acceptors (Lipinski definition) is 0. The lowest BCUT2D eigenvalue weighted by atomic mass is 9.92. The summed E-state index contributed by atoms with van der Waals surface area (Å²) in [7, 11) is 0. The summed E-state index contributed by atoms with van der Waals surface area (Å²) in [4.78, 5) is 0. The molecule has 0 unspecified atom stereocenters. The number of rotatable bonds is 10. The van der Waals surface area contributed by atoms with Crippen LogP contribution in [0.15, 0.2) is 267 Å². The summed E-state index contributed by atoms with van der Waals surface area (Å²) in [5.74, 6) is 0. The minimum absolute atomic E-state index is 1.08. The van der Waals surface area contributed by atoms with E-state index < -0.39 is 0 Å². The van der Waals surface area contributed by atoms with Gasteiger partial charge < -0.3 is 9.13 Å². The lowest BCUT2D eigenvalue weighted by Gasteiger charge is -2.18. The first-order valence-electron chi connectivity index (χ1n) is 23.7. The molecule has 0 spiro atoms. The topological polar surface area (TPSA) is 9.86 Å². The first-order chi connectivity index (χ1) is 34.1. The van der Waals surface area contributed by atoms with E-state index in [1.807, 2.05) is 6.08 Å². The maximum Gasteiger partial charge on any atom is 0.0541 e. The molecule has 0 atom stereocenters. The number of hydrogen-bond donors (Lipinski definition) is 0. The quantitative estimate of drug-likeness (QED) is 0.121. The molecule has 12 aromatic rings. The van der Waals surface area contributed by atoms with Crippen LogP contribution in [0.5, 0.6) is 0 Å². The number of benzene rings is 10. The summed E-state index contributed by atoms with van der Waals surface area (Å²) in [5, 5.41) is 4.97. The molecule has 0 aliphatic carbocycles. The van der Waals surface area contributed by atoms with Crippen LogP contribution >= 0.6 is 0 Å². The fourth-order valence-electron chi connectivity index (χ4n) is 10.4. The van der Waals surface area contributed by atoms with E-state index in [0.717, 1.165) is 55.9 Å². The van der Waals surface area contributed by atoms with Crippen molar-refractivity contribution in [2.45, 2.75) is 6.92 Å². The number of nitrogens with zero attached hydrogens (tertiary/aromatic N) is 2. The average molecular weight is 881 g/mol. The third-order valence-corrected chi connectivity index (χ3v) is 13.7. The van der Waals surface area contributed by atoms with E-state index in [-0.39, 0.29) is 0 Å². The van der Waals surface area contributed by atoms with Gasteiger partial charge in [0.1, 0.15) is 0 Å². The van der Waals surface area contributed by atoms with Gasteiger partial charge >= 0.3 is 0 Å². The third-order valence-electron chi connectivity index (χ3n) is 13.7. The highest BCUT2D eigenvalue weighted by molar-refractivity contribution is 6.11. The number of para-hydroxylation sites is 4. The Bertz CT molecular complexity index is 3860. The van der Waals surface area contributed by atoms with Crippen LogP contribution in [-0.2, 0) is 0 Å². The second-order valence-corrected chi connectivity index (χ2v) is 17.8. The molecule has 0 N–H and O–H groups in total. The molecule has 2 nitrogen and oxygen atoms in total. The smallest absolute Gasteiger partial charge is 0.0541 e. The van der Waals surface area contributed by atoms with Gasteiger partial charge in [0.15, 0.2) is 0 Å². The van der Waals surface area contributed by atoms with E-state index in [1.165, 1.54) is 65.9 Å². The van der Waals surface area contributed by atoms with Crippen molar-refractivity contribution in [3.05, 3.63) is 279 Å². The molecule has 326 valence electrons. The zero-order chi connectivity index (χ0) is 46.3. The van der Waals surface area contributed by atoms with Gasteiger partial charge in [-0.05, 0) is 123 Å². The Balaban J connectivity index is 0.974. The van der Waals surface area contributed by atoms with Crippen LogP contribution in [0.3, 0.4) is 0 Å². The van der Waals surface area contributed by atoms with Crippen molar-refractivity contribution in [2.24, 2.45) is 0 Å². The maximum absolute atomic E-state index is 4.23. The molecule has 0 radical (unpaired) electrons. The van der Waals surface area contributed by atoms with Crippen LogP contribution < -0.4 is 0 Å². The van der Waals surface area contributed by atoms with Crippen molar-refractivity contribution in [3.63, 3.8) is 0 Å². The minimum Gasteiger partial charge on any atom is -0.309 e. The number of allylic oxidation sites excluding steroid dienone is 5. The van der Waals surface area contributed by atoms with Gasteiger partial charge in [-0.3, -0.25) is 0 Å². The van der Waals surface area contributed by atoms with Crippen LogP contribution in [0.2, 0.25) is 0 Å². The van der Waals surface area contributed by atoms with Crippen molar-refractivity contribution >= 4 is 54.8 Å². The maximum atomic E-state index is 4.23. The Labute approximate surface area is 403 Å². The minimum atomic E-state index is 1.08. The van der Waals surface area contributed by atoms with E-state index in [1.54, 1.807) is 0 Å². The average Bonchev–Trinajstić information content (AvgIpc) is 3.94. The predicted molar refractivity (Wildman–Crippen MR) is 295 cm³/mol. The van der Waals surface area contributed by atoms with E-state index in [4.69, 9.17) is 0 Å². The molecule has 10 aromatic carbocycles. The zero-order valence-electron chi connectivity index (χ0n) is 38.4. The van der Waals surface area contributed by atoms with Gasteiger partial charge in [0.05, 0.1) is 33.4 Å². The Hall–Kier alpha value is -8.98. The third kappa shape index (κ3) is 7.49. The molecule has 0 saturated heterocycles. The number of fused-ring (bicyclic) bond motifs is 6. The lowest BCUT2D eigenvalue weighted by Crippen LogP contribution is -2.00. The molecular formula is C67H48N2. The van der Waals surface area contributed by atoms with Crippen LogP contribution in [0.1, 0.15) is 18.1 Å². The standard InChI is InChI=1S/C67H48N2/c1-3-20-54(60-44-52(47-21-6-4-7-22-47)37-39-66(60)68-62-33-14-10-29-56(62)57-30-11-15-34-63(57)68)41-46(2)49-25-18-26-50(42-49)51-27-19-28-55(43-51)61-45-53(48-23-8-5-9-24-48)38-40-67(61)69-64-35-16-12-31-58(64)59-32-13-17-36-65(59)69/h3-45H,1H2,2H3/b46-41+,54-20+. The Morgan fingerprint density at radius 1 is 0.362 bits per heavy atom. The molecular weight excluding hydrogens is 833 g/mol. The van der Waals surface area contributed by atoms with Gasteiger partial charge in [0.2, 0.25) is 0 Å². The lowest BCUT2D eigenvalue weighted by molar-refractivity contribution is 1.17. The highest BCUT2D eigenvalue weighted by Gasteiger charge is 2.19. The Morgan fingerprint density at radius 3 is 1.33 bits per heavy atom. The van der Waals surface area contributed by atoms with E-state index in [2.05, 4.69) is 277 Å². The molecule has 2 heteroatoms. The predicted octanol–water partition coefficient (Wildman–Crippen LogP) is 18.2. The van der Waals surface area contributed by atoms with Crippen LogP contribution in [-0.4, -0.2) is 9.13 Å². The molecule has 12 rings (SSSR count). The summed E-state index contributed by atoms with van der Waals surface area (Å²) in [6.07, 6.45) is 6.38. The zero-order valence-corrected chi connectivity index (χ0v) is 38.4. The first-order valence-corrected chi connectivity index (χ1v) is 23.7. The fraction of sp³-hybridized carbons (Fsp3) is 0.0149. The molecule has 0 bridgehead atoms. The Morgan fingerprint density at radius 2 is 0.783 bits per heavy atom. The summed E-state index contributed by atoms with van der Waals surface area (Å²) in [5.41, 5.74) is 20.9. The molecule has 0 amide bonds. The fourth-order valence-corrected chi connectivity index (χ4v) is 10.4. The molecule has 2 aromatic heterocycles. The highest BCUT2D eigenvalue weighted by atomic mass is 15.0. The summed E-state index contributed by atoms with van der Waals surface area (Å²) < 4.78 is 4.86. The second kappa shape index (κ2) is 17.7. The van der Waals surface area contributed by atoms with Gasteiger partial charge in [0, 0.05) is 32.7 Å². The number of aromatic nitrogens is 2. The van der Waals surface area contributed by atoms with Crippen LogP contribution in [0, 0.1) is 0 Å². The first kappa shape index (κ1) is 41.5. The van der Waals surface area contributed by atoms with Crippen molar-refractivity contribution < 1.29 is 0 Å². The highest BCUT2D eigenvalue weighted by Crippen LogP contribution is 2.41. The van der Waals surface area contributed by atoms with E-state index in [9.17, 15) is 0 Å². The van der Waals surface area contributed by atoms with Crippen molar-refractivity contribution in [3.8, 4) is 55.9 Å². The van der Waals surface area contributed by atoms with Gasteiger partial charge in [-0.15, -0.1) is 0 Å². The van der Waals surface area contributed by atoms with E-state index in [0.29, 0.717) is 0 Å². The van der Waals surface area contributed by atoms with Gasteiger partial charge in [-0.2, -0.15) is 0 Å². The van der Waals surface area contributed by atoms with Crippen molar-refractivity contribution in [1.29, 1.82) is 0 Å². The molecule has 0 aliphatic heterocycles. The molecule has 69 heavy (non-hydrogen) atoms. The van der Waals surface area contributed by atoms with E-state index >= 15 is 0 Å². The SMILES string of the molecule is C=C/C=C(\C=C(/C)c1cccc(-c2cccc(-c3cc(-c4ccccc4)ccc3-n3c4ccccc4c4ccccc43)c2)c1)c1cc(-c2ccccc2)ccc1-n1c2ccccc2c2ccccc21. The van der Waals surface area contributed by atoms with Crippen molar-refractivity contribution in [1.82, 2.24) is 9.13 Å². The molecule has 0 fully saturated rings. The second-order valence-electron chi connectivity index (χ2n) is 17.8. The largest absolute Gasteiger partial charge is 0.309 e.